The lowest BCUT2D eigenvalue weighted by molar-refractivity contribution is 0.0201. The van der Waals surface area contributed by atoms with Crippen molar-refractivity contribution in [2.75, 3.05) is 6.54 Å². The molecular formula is C19H20BrN3O5. The Hall–Kier alpha value is -2.39. The van der Waals surface area contributed by atoms with Gasteiger partial charge in [0.05, 0.1) is 18.7 Å². The van der Waals surface area contributed by atoms with Crippen molar-refractivity contribution in [1.82, 2.24) is 14.9 Å². The van der Waals surface area contributed by atoms with Crippen molar-refractivity contribution in [1.29, 1.82) is 0 Å². The largest absolute Gasteiger partial charge is 0.449 e. The highest BCUT2D eigenvalue weighted by Gasteiger charge is 2.39. The predicted molar refractivity (Wildman–Crippen MR) is 106 cm³/mol. The molecule has 0 spiro atoms. The fourth-order valence-electron chi connectivity index (χ4n) is 3.40. The summed E-state index contributed by atoms with van der Waals surface area (Å²) in [4.78, 5) is 33.9. The molecule has 9 heteroatoms. The number of aliphatic hydroxyl groups excluding tert-OH is 1. The monoisotopic (exact) mass is 449 g/mol. The summed E-state index contributed by atoms with van der Waals surface area (Å²) >= 11 is 3.41. The average Bonchev–Trinajstić information content (AvgIpc) is 3.14. The Morgan fingerprint density at radius 2 is 2.18 bits per heavy atom. The summed E-state index contributed by atoms with van der Waals surface area (Å²) in [5.74, 6) is 0.294. The number of nitrogens with one attached hydrogen (secondary N) is 1. The van der Waals surface area contributed by atoms with Crippen LogP contribution in [0.3, 0.4) is 0 Å². The molecule has 1 fully saturated rings. The Kier molecular flexibility index (Phi) is 4.46. The molecule has 2 N–H and O–H groups in total. The molecule has 8 nitrogen and oxygen atoms in total. The first-order valence-electron chi connectivity index (χ1n) is 8.92. The van der Waals surface area contributed by atoms with Gasteiger partial charge in [0.15, 0.2) is 0 Å². The molecule has 1 aromatic carbocycles. The van der Waals surface area contributed by atoms with E-state index in [0.29, 0.717) is 22.3 Å². The number of aromatic nitrogens is 2. The normalized spacial score (nSPS) is 20.2. The number of halogens is 1. The number of hydrogen-bond acceptors (Lipinski definition) is 6. The van der Waals surface area contributed by atoms with Crippen LogP contribution in [-0.2, 0) is 4.74 Å². The highest BCUT2D eigenvalue weighted by molar-refractivity contribution is 9.10. The third kappa shape index (κ3) is 3.40. The smallest absolute Gasteiger partial charge is 0.411 e. The first-order valence-corrected chi connectivity index (χ1v) is 9.71. The van der Waals surface area contributed by atoms with Gasteiger partial charge in [-0.3, -0.25) is 9.69 Å². The summed E-state index contributed by atoms with van der Waals surface area (Å²) in [6, 6.07) is 4.80. The number of aliphatic hydroxyl groups is 1. The van der Waals surface area contributed by atoms with Gasteiger partial charge in [-0.25, -0.2) is 9.78 Å². The van der Waals surface area contributed by atoms with Gasteiger partial charge in [-0.15, -0.1) is 0 Å². The third-order valence-corrected chi connectivity index (χ3v) is 5.02. The molecule has 0 bridgehead atoms. The maximum absolute atomic E-state index is 12.6. The minimum atomic E-state index is -0.728. The van der Waals surface area contributed by atoms with Crippen molar-refractivity contribution in [2.45, 2.75) is 44.9 Å². The van der Waals surface area contributed by atoms with Gasteiger partial charge in [0.1, 0.15) is 22.5 Å². The fourth-order valence-corrected chi connectivity index (χ4v) is 3.76. The van der Waals surface area contributed by atoms with Gasteiger partial charge in [-0.1, -0.05) is 15.9 Å². The molecule has 2 aromatic heterocycles. The first-order chi connectivity index (χ1) is 13.1. The van der Waals surface area contributed by atoms with E-state index < -0.39 is 29.4 Å². The van der Waals surface area contributed by atoms with Crippen LogP contribution in [0.2, 0.25) is 0 Å². The highest BCUT2D eigenvalue weighted by atomic mass is 79.9. The topological polar surface area (TPSA) is 109 Å². The Labute approximate surface area is 168 Å². The van der Waals surface area contributed by atoms with Crippen molar-refractivity contribution in [3.05, 3.63) is 38.9 Å². The number of carbonyl (C=O) groups is 1. The number of likely N-dealkylation sites (tertiary alicyclic amines) is 1. The number of nitrogens with zero attached hydrogens (tertiary/aromatic N) is 2. The number of carbonyl (C=O) groups excluding carboxylic acids is 1. The van der Waals surface area contributed by atoms with Crippen LogP contribution in [-0.4, -0.2) is 44.3 Å². The zero-order valence-electron chi connectivity index (χ0n) is 15.7. The zero-order chi connectivity index (χ0) is 20.2. The maximum atomic E-state index is 12.6. The Morgan fingerprint density at radius 1 is 1.43 bits per heavy atom. The number of ether oxygens (including phenoxy) is 1. The number of aromatic amines is 1. The van der Waals surface area contributed by atoms with E-state index in [1.165, 1.54) is 4.90 Å². The van der Waals surface area contributed by atoms with Gasteiger partial charge in [-0.05, 0) is 39.0 Å². The molecule has 0 saturated carbocycles. The minimum Gasteiger partial charge on any atom is -0.449 e. The molecule has 1 aliphatic rings. The number of amides is 1. The van der Waals surface area contributed by atoms with E-state index in [-0.39, 0.29) is 18.5 Å². The number of hydrogen-bond donors (Lipinski definition) is 2. The van der Waals surface area contributed by atoms with Crippen molar-refractivity contribution >= 4 is 44.1 Å². The van der Waals surface area contributed by atoms with Crippen LogP contribution in [0.25, 0.3) is 22.1 Å². The van der Waals surface area contributed by atoms with Gasteiger partial charge < -0.3 is 19.2 Å². The lowest BCUT2D eigenvalue weighted by atomic mass is 10.1. The molecule has 3 aromatic rings. The number of β-amino-alcohol motifs (C(OH)–C–C–N with tert-alkyl or cyclic N) is 1. The van der Waals surface area contributed by atoms with E-state index in [0.717, 1.165) is 4.47 Å². The molecule has 28 heavy (non-hydrogen) atoms. The van der Waals surface area contributed by atoms with Crippen LogP contribution in [0.1, 0.15) is 39.1 Å². The van der Waals surface area contributed by atoms with Crippen molar-refractivity contribution in [3.8, 4) is 0 Å². The quantitative estimate of drug-likeness (QED) is 0.588. The summed E-state index contributed by atoms with van der Waals surface area (Å²) in [6.07, 6.45) is -1.03. The molecule has 4 rings (SSSR count). The van der Waals surface area contributed by atoms with E-state index in [1.807, 2.05) is 12.1 Å². The second-order valence-electron chi connectivity index (χ2n) is 7.91. The number of rotatable bonds is 1. The fraction of sp³-hybridized carbons (Fsp3) is 0.421. The van der Waals surface area contributed by atoms with Crippen LogP contribution < -0.4 is 5.56 Å². The number of furan rings is 1. The van der Waals surface area contributed by atoms with Crippen molar-refractivity contribution in [3.63, 3.8) is 0 Å². The maximum Gasteiger partial charge on any atom is 0.411 e. The Balaban J connectivity index is 1.80. The first kappa shape index (κ1) is 18.9. The lowest BCUT2D eigenvalue weighted by Crippen LogP contribution is -2.38. The second-order valence-corrected chi connectivity index (χ2v) is 8.83. The molecule has 3 heterocycles. The molecule has 0 aliphatic carbocycles. The summed E-state index contributed by atoms with van der Waals surface area (Å²) in [7, 11) is 0. The van der Waals surface area contributed by atoms with Gasteiger partial charge in [0.25, 0.3) is 5.56 Å². The molecule has 1 amide bonds. The van der Waals surface area contributed by atoms with E-state index in [4.69, 9.17) is 9.15 Å². The van der Waals surface area contributed by atoms with Gasteiger partial charge in [-0.2, -0.15) is 0 Å². The number of H-pyrrole nitrogens is 1. The molecule has 2 atom stereocenters. The summed E-state index contributed by atoms with van der Waals surface area (Å²) in [5, 5.41) is 10.8. The second kappa shape index (κ2) is 6.59. The standard InChI is InChI=1S/C19H20BrN3O5/c1-19(2,3)28-18(26)23-8-10(24)7-12(23)16-21-14-11-6-9(20)4-5-13(11)27-15(14)17(25)22-16/h4-6,10,12,24H,7-8H2,1-3H3,(H,21,22,25)/t10-,12+/m1/s1. The van der Waals surface area contributed by atoms with Crippen LogP contribution >= 0.6 is 15.9 Å². The number of fused-ring (bicyclic) bond motifs is 3. The van der Waals surface area contributed by atoms with E-state index >= 15 is 0 Å². The van der Waals surface area contributed by atoms with Crippen molar-refractivity contribution < 1.29 is 19.1 Å². The lowest BCUT2D eigenvalue weighted by Gasteiger charge is -2.27. The predicted octanol–water partition coefficient (Wildman–Crippen LogP) is 3.47. The SMILES string of the molecule is CC(C)(C)OC(=O)N1C[C@H](O)C[C@H]1c1nc2c(oc3ccc(Br)cc32)c(=O)[nH]1. The van der Waals surface area contributed by atoms with Gasteiger partial charge in [0.2, 0.25) is 5.58 Å². The minimum absolute atomic E-state index is 0.110. The van der Waals surface area contributed by atoms with Gasteiger partial charge in [0, 0.05) is 16.3 Å². The van der Waals surface area contributed by atoms with E-state index in [9.17, 15) is 14.7 Å². The van der Waals surface area contributed by atoms with Crippen LogP contribution in [0.5, 0.6) is 0 Å². The van der Waals surface area contributed by atoms with Gasteiger partial charge >= 0.3 is 6.09 Å². The molecular weight excluding hydrogens is 430 g/mol. The molecule has 148 valence electrons. The Morgan fingerprint density at radius 3 is 2.89 bits per heavy atom. The zero-order valence-corrected chi connectivity index (χ0v) is 17.2. The van der Waals surface area contributed by atoms with E-state index in [2.05, 4.69) is 25.9 Å². The summed E-state index contributed by atoms with van der Waals surface area (Å²) < 4.78 is 11.9. The number of benzene rings is 1. The Bertz CT molecular complexity index is 1130. The molecule has 1 aliphatic heterocycles. The molecule has 0 unspecified atom stereocenters. The van der Waals surface area contributed by atoms with Crippen molar-refractivity contribution in [2.24, 2.45) is 0 Å². The van der Waals surface area contributed by atoms with E-state index in [1.54, 1.807) is 26.8 Å². The van der Waals surface area contributed by atoms with Crippen LogP contribution in [0, 0.1) is 0 Å². The van der Waals surface area contributed by atoms with Crippen LogP contribution in [0.15, 0.2) is 31.9 Å². The summed E-state index contributed by atoms with van der Waals surface area (Å²) in [5.41, 5.74) is -0.0195. The molecule has 0 radical (unpaired) electrons. The third-order valence-electron chi connectivity index (χ3n) is 4.53. The highest BCUT2D eigenvalue weighted by Crippen LogP contribution is 2.33. The molecule has 1 saturated heterocycles. The average molecular weight is 450 g/mol. The van der Waals surface area contributed by atoms with Crippen LogP contribution in [0.4, 0.5) is 4.79 Å². The summed E-state index contributed by atoms with van der Waals surface area (Å²) in [6.45, 7) is 5.43.